The normalized spacial score (nSPS) is 11.8. The number of carbonyl (C=O) groups is 1. The molecule has 0 aliphatic heterocycles. The van der Waals surface area contributed by atoms with E-state index in [0.717, 1.165) is 20.5 Å². The highest BCUT2D eigenvalue weighted by molar-refractivity contribution is 8.01. The number of hydrogen-bond acceptors (Lipinski definition) is 7. The van der Waals surface area contributed by atoms with Crippen LogP contribution < -0.4 is 10.6 Å². The van der Waals surface area contributed by atoms with Gasteiger partial charge in [0.05, 0.1) is 11.8 Å². The molecule has 0 spiro atoms. The van der Waals surface area contributed by atoms with E-state index >= 15 is 0 Å². The predicted octanol–water partition coefficient (Wildman–Crippen LogP) is 5.65. The van der Waals surface area contributed by atoms with E-state index < -0.39 is 0 Å². The van der Waals surface area contributed by atoms with Crippen molar-refractivity contribution in [3.05, 3.63) is 88.1 Å². The van der Waals surface area contributed by atoms with Gasteiger partial charge in [-0.25, -0.2) is 0 Å². The average molecular weight is 453 g/mol. The third kappa shape index (κ3) is 5.47. The molecule has 1 amide bonds. The molecular formula is C22H20N4OS3. The smallest absolute Gasteiger partial charge is 0.231 e. The van der Waals surface area contributed by atoms with E-state index in [1.165, 1.54) is 28.7 Å². The van der Waals surface area contributed by atoms with Gasteiger partial charge in [0.15, 0.2) is 4.34 Å². The van der Waals surface area contributed by atoms with Crippen LogP contribution >= 0.6 is 34.4 Å². The van der Waals surface area contributed by atoms with Crippen molar-refractivity contribution in [2.24, 2.45) is 0 Å². The summed E-state index contributed by atoms with van der Waals surface area (Å²) in [6.45, 7) is 2.06. The lowest BCUT2D eigenvalue weighted by Crippen LogP contribution is -2.30. The zero-order valence-corrected chi connectivity index (χ0v) is 18.7. The molecule has 0 fully saturated rings. The van der Waals surface area contributed by atoms with Crippen molar-refractivity contribution >= 4 is 51.2 Å². The summed E-state index contributed by atoms with van der Waals surface area (Å²) in [4.78, 5) is 13.8. The van der Waals surface area contributed by atoms with Gasteiger partial charge in [0, 0.05) is 10.6 Å². The molecular weight excluding hydrogens is 432 g/mol. The maximum absolute atomic E-state index is 12.7. The Hall–Kier alpha value is -2.68. The minimum atomic E-state index is -0.150. The molecule has 5 nitrogen and oxygen atoms in total. The highest BCUT2D eigenvalue weighted by atomic mass is 32.2. The lowest BCUT2D eigenvalue weighted by molar-refractivity contribution is -0.119. The monoisotopic (exact) mass is 452 g/mol. The van der Waals surface area contributed by atoms with Crippen LogP contribution in [0.5, 0.6) is 0 Å². The van der Waals surface area contributed by atoms with Gasteiger partial charge in [-0.15, -0.1) is 21.5 Å². The summed E-state index contributed by atoms with van der Waals surface area (Å²) in [7, 11) is 0. The minimum absolute atomic E-state index is 0.0354. The third-order valence-electron chi connectivity index (χ3n) is 4.30. The van der Waals surface area contributed by atoms with Crippen LogP contribution in [0.15, 0.2) is 76.4 Å². The van der Waals surface area contributed by atoms with E-state index in [0.29, 0.717) is 5.13 Å². The van der Waals surface area contributed by atoms with Crippen molar-refractivity contribution in [2.45, 2.75) is 17.3 Å². The van der Waals surface area contributed by atoms with Gasteiger partial charge >= 0.3 is 0 Å². The highest BCUT2D eigenvalue weighted by Crippen LogP contribution is 2.29. The molecule has 0 saturated heterocycles. The number of para-hydroxylation sites is 1. The standard InChI is InChI=1S/C22H20N4OS3/c1-15-9-11-16(12-10-15)20(18-8-5-13-28-18)24-19(27)14-29-22-26-25-21(30-22)23-17-6-3-2-4-7-17/h2-13,20H,14H2,1H3,(H,23,25)(H,24,27). The molecule has 4 rings (SSSR count). The number of benzene rings is 2. The topological polar surface area (TPSA) is 66.9 Å². The second kappa shape index (κ2) is 9.88. The quantitative estimate of drug-likeness (QED) is 0.338. The van der Waals surface area contributed by atoms with Crippen molar-refractivity contribution in [2.75, 3.05) is 11.1 Å². The van der Waals surface area contributed by atoms with Gasteiger partial charge in [0.1, 0.15) is 0 Å². The summed E-state index contributed by atoms with van der Waals surface area (Å²) in [5.41, 5.74) is 3.23. The second-order valence-electron chi connectivity index (χ2n) is 6.58. The first kappa shape index (κ1) is 20.6. The molecule has 1 atom stereocenters. The summed E-state index contributed by atoms with van der Waals surface area (Å²) in [5, 5.41) is 17.4. The number of hydrogen-bond donors (Lipinski definition) is 2. The average Bonchev–Trinajstić information content (AvgIpc) is 3.44. The summed E-state index contributed by atoms with van der Waals surface area (Å²) >= 11 is 4.47. The Morgan fingerprint density at radius 3 is 2.57 bits per heavy atom. The molecule has 0 radical (unpaired) electrons. The van der Waals surface area contributed by atoms with Crippen LogP contribution in [0.25, 0.3) is 0 Å². The lowest BCUT2D eigenvalue weighted by atomic mass is 10.0. The summed E-state index contributed by atoms with van der Waals surface area (Å²) in [6.07, 6.45) is 0. The van der Waals surface area contributed by atoms with Crippen LogP contribution in [-0.2, 0) is 4.79 Å². The first-order valence-electron chi connectivity index (χ1n) is 9.35. The Morgan fingerprint density at radius 1 is 1.03 bits per heavy atom. The van der Waals surface area contributed by atoms with Crippen molar-refractivity contribution in [3.8, 4) is 0 Å². The Morgan fingerprint density at radius 2 is 1.83 bits per heavy atom. The molecule has 2 aromatic heterocycles. The number of aryl methyl sites for hydroxylation is 1. The van der Waals surface area contributed by atoms with E-state index in [1.807, 2.05) is 41.8 Å². The van der Waals surface area contributed by atoms with Crippen molar-refractivity contribution in [1.82, 2.24) is 15.5 Å². The molecule has 0 saturated carbocycles. The number of nitrogens with zero attached hydrogens (tertiary/aromatic N) is 2. The van der Waals surface area contributed by atoms with Crippen LogP contribution in [0, 0.1) is 6.92 Å². The molecule has 2 N–H and O–H groups in total. The molecule has 152 valence electrons. The van der Waals surface area contributed by atoms with E-state index in [4.69, 9.17) is 0 Å². The highest BCUT2D eigenvalue weighted by Gasteiger charge is 2.18. The fourth-order valence-electron chi connectivity index (χ4n) is 2.83. The van der Waals surface area contributed by atoms with Crippen LogP contribution in [0.2, 0.25) is 0 Å². The van der Waals surface area contributed by atoms with Gasteiger partial charge in [-0.2, -0.15) is 0 Å². The zero-order valence-electron chi connectivity index (χ0n) is 16.2. The molecule has 0 bridgehead atoms. The number of thiophene rings is 1. The van der Waals surface area contributed by atoms with Crippen LogP contribution in [0.4, 0.5) is 10.8 Å². The van der Waals surface area contributed by atoms with Crippen molar-refractivity contribution in [1.29, 1.82) is 0 Å². The number of rotatable bonds is 8. The van der Waals surface area contributed by atoms with E-state index in [-0.39, 0.29) is 17.7 Å². The largest absolute Gasteiger partial charge is 0.344 e. The van der Waals surface area contributed by atoms with Crippen LogP contribution in [0.3, 0.4) is 0 Å². The molecule has 4 aromatic rings. The summed E-state index contributed by atoms with van der Waals surface area (Å²) in [5.74, 6) is 0.250. The fourth-order valence-corrected chi connectivity index (χ4v) is 5.21. The molecule has 0 aliphatic rings. The van der Waals surface area contributed by atoms with Gasteiger partial charge in [-0.1, -0.05) is 77.2 Å². The predicted molar refractivity (Wildman–Crippen MR) is 126 cm³/mol. The number of thioether (sulfide) groups is 1. The van der Waals surface area contributed by atoms with E-state index in [1.54, 1.807) is 11.3 Å². The molecule has 1 unspecified atom stereocenters. The first-order valence-corrected chi connectivity index (χ1v) is 12.0. The zero-order chi connectivity index (χ0) is 20.8. The second-order valence-corrected chi connectivity index (χ2v) is 9.76. The third-order valence-corrected chi connectivity index (χ3v) is 7.21. The van der Waals surface area contributed by atoms with E-state index in [9.17, 15) is 4.79 Å². The number of nitrogens with one attached hydrogen (secondary N) is 2. The van der Waals surface area contributed by atoms with Gasteiger partial charge in [0.2, 0.25) is 11.0 Å². The SMILES string of the molecule is Cc1ccc(C(NC(=O)CSc2nnc(Nc3ccccc3)s2)c2cccs2)cc1. The minimum Gasteiger partial charge on any atom is -0.344 e. The molecule has 2 aromatic carbocycles. The summed E-state index contributed by atoms with van der Waals surface area (Å²) < 4.78 is 0.756. The first-order chi connectivity index (χ1) is 14.7. The van der Waals surface area contributed by atoms with Crippen molar-refractivity contribution < 1.29 is 4.79 Å². The molecule has 2 heterocycles. The number of anilines is 2. The van der Waals surface area contributed by atoms with Crippen LogP contribution in [0.1, 0.15) is 22.0 Å². The van der Waals surface area contributed by atoms with Gasteiger partial charge < -0.3 is 10.6 Å². The fraction of sp³-hybridized carbons (Fsp3) is 0.136. The Bertz CT molecular complexity index is 1080. The molecule has 0 aliphatic carbocycles. The van der Waals surface area contributed by atoms with Crippen LogP contribution in [-0.4, -0.2) is 21.9 Å². The Kier molecular flexibility index (Phi) is 6.78. The van der Waals surface area contributed by atoms with Gasteiger partial charge in [-0.05, 0) is 36.1 Å². The number of amides is 1. The summed E-state index contributed by atoms with van der Waals surface area (Å²) in [6, 6.07) is 22.0. The van der Waals surface area contributed by atoms with Crippen molar-refractivity contribution in [3.63, 3.8) is 0 Å². The Balaban J connectivity index is 1.37. The lowest BCUT2D eigenvalue weighted by Gasteiger charge is -2.18. The van der Waals surface area contributed by atoms with Gasteiger partial charge in [0.25, 0.3) is 0 Å². The number of carbonyl (C=O) groups excluding carboxylic acids is 1. The van der Waals surface area contributed by atoms with Gasteiger partial charge in [-0.3, -0.25) is 4.79 Å². The molecule has 30 heavy (non-hydrogen) atoms. The van der Waals surface area contributed by atoms with E-state index in [2.05, 4.69) is 58.1 Å². The Labute approximate surface area is 187 Å². The maximum Gasteiger partial charge on any atom is 0.231 e. The molecule has 8 heteroatoms. The number of aromatic nitrogens is 2. The maximum atomic E-state index is 12.7.